The zero-order valence-electron chi connectivity index (χ0n) is 10.8. The predicted molar refractivity (Wildman–Crippen MR) is 72.1 cm³/mol. The third kappa shape index (κ3) is 3.71. The summed E-state index contributed by atoms with van der Waals surface area (Å²) in [4.78, 5) is 22.8. The Morgan fingerprint density at radius 2 is 2.16 bits per heavy atom. The summed E-state index contributed by atoms with van der Waals surface area (Å²) in [7, 11) is 0. The molecule has 1 atom stereocenters. The minimum absolute atomic E-state index is 0.0743. The number of aryl methyl sites for hydroxylation is 1. The molecule has 1 aliphatic carbocycles. The Morgan fingerprint density at radius 1 is 1.42 bits per heavy atom. The molecule has 2 amide bonds. The first-order chi connectivity index (χ1) is 9.10. The summed E-state index contributed by atoms with van der Waals surface area (Å²) in [6.07, 6.45) is 2.61. The third-order valence-electron chi connectivity index (χ3n) is 3.24. The summed E-state index contributed by atoms with van der Waals surface area (Å²) in [5, 5.41) is 14.2. The van der Waals surface area contributed by atoms with Gasteiger partial charge in [-0.15, -0.1) is 0 Å². The largest absolute Gasteiger partial charge is 0.480 e. The molecule has 1 aliphatic rings. The van der Waals surface area contributed by atoms with Gasteiger partial charge in [-0.25, -0.2) is 9.59 Å². The molecule has 1 unspecified atom stereocenters. The van der Waals surface area contributed by atoms with Crippen LogP contribution in [0.1, 0.15) is 25.3 Å². The highest BCUT2D eigenvalue weighted by molar-refractivity contribution is 5.92. The molecule has 0 saturated heterocycles. The van der Waals surface area contributed by atoms with Crippen LogP contribution in [-0.2, 0) is 11.2 Å². The number of nitrogens with one attached hydrogen (secondary N) is 2. The molecule has 102 valence electrons. The van der Waals surface area contributed by atoms with Crippen molar-refractivity contribution in [3.05, 3.63) is 29.8 Å². The lowest BCUT2D eigenvalue weighted by Crippen LogP contribution is -2.44. The summed E-state index contributed by atoms with van der Waals surface area (Å²) < 4.78 is 0. The number of carbonyl (C=O) groups excluding carboxylic acids is 1. The van der Waals surface area contributed by atoms with Crippen LogP contribution in [-0.4, -0.2) is 23.1 Å². The normalized spacial score (nSPS) is 15.6. The van der Waals surface area contributed by atoms with E-state index in [4.69, 9.17) is 5.11 Å². The zero-order chi connectivity index (χ0) is 13.8. The van der Waals surface area contributed by atoms with Crippen molar-refractivity contribution in [3.63, 3.8) is 0 Å². The Morgan fingerprint density at radius 3 is 2.74 bits per heavy atom. The Balaban J connectivity index is 1.94. The second-order valence-corrected chi connectivity index (χ2v) is 4.81. The summed E-state index contributed by atoms with van der Waals surface area (Å²) in [5.41, 5.74) is 1.80. The molecule has 0 aromatic heterocycles. The van der Waals surface area contributed by atoms with Crippen LogP contribution < -0.4 is 10.6 Å². The van der Waals surface area contributed by atoms with Crippen LogP contribution in [0.4, 0.5) is 10.5 Å². The lowest BCUT2D eigenvalue weighted by Gasteiger charge is -2.14. The Kier molecular flexibility index (Phi) is 4.04. The molecule has 19 heavy (non-hydrogen) atoms. The smallest absolute Gasteiger partial charge is 0.326 e. The topological polar surface area (TPSA) is 78.4 Å². The van der Waals surface area contributed by atoms with Gasteiger partial charge in [0.1, 0.15) is 6.04 Å². The lowest BCUT2D eigenvalue weighted by atomic mass is 10.1. The van der Waals surface area contributed by atoms with E-state index in [1.165, 1.54) is 0 Å². The van der Waals surface area contributed by atoms with Crippen LogP contribution in [0.3, 0.4) is 0 Å². The average Bonchev–Trinajstić information content (AvgIpc) is 3.20. The Bertz CT molecular complexity index is 483. The van der Waals surface area contributed by atoms with Crippen LogP contribution in [0.25, 0.3) is 0 Å². The minimum Gasteiger partial charge on any atom is -0.480 e. The SMILES string of the molecule is CCc1cccc(NC(=O)NC(C(=O)O)C2CC2)c1. The van der Waals surface area contributed by atoms with Gasteiger partial charge in [0.15, 0.2) is 0 Å². The monoisotopic (exact) mass is 262 g/mol. The van der Waals surface area contributed by atoms with Crippen molar-refractivity contribution >= 4 is 17.7 Å². The molecule has 1 saturated carbocycles. The van der Waals surface area contributed by atoms with E-state index in [2.05, 4.69) is 10.6 Å². The minimum atomic E-state index is -0.972. The molecular weight excluding hydrogens is 244 g/mol. The van der Waals surface area contributed by atoms with E-state index in [1.54, 1.807) is 6.07 Å². The highest BCUT2D eigenvalue weighted by Crippen LogP contribution is 2.32. The van der Waals surface area contributed by atoms with E-state index >= 15 is 0 Å². The highest BCUT2D eigenvalue weighted by atomic mass is 16.4. The molecule has 1 aromatic rings. The fourth-order valence-corrected chi connectivity index (χ4v) is 1.99. The standard InChI is InChI=1S/C14H18N2O3/c1-2-9-4-3-5-11(8-9)15-14(19)16-12(13(17)18)10-6-7-10/h3-5,8,10,12H,2,6-7H2,1H3,(H,17,18)(H2,15,16,19). The number of carboxylic acids is 1. The predicted octanol–water partition coefficient (Wildman–Crippen LogP) is 2.23. The number of rotatable bonds is 5. The maximum absolute atomic E-state index is 11.8. The van der Waals surface area contributed by atoms with E-state index in [-0.39, 0.29) is 5.92 Å². The maximum Gasteiger partial charge on any atom is 0.326 e. The Labute approximate surface area is 112 Å². The molecule has 0 aliphatic heterocycles. The van der Waals surface area contributed by atoms with Gasteiger partial charge in [-0.05, 0) is 42.9 Å². The van der Waals surface area contributed by atoms with Gasteiger partial charge in [0, 0.05) is 5.69 Å². The molecule has 1 fully saturated rings. The van der Waals surface area contributed by atoms with Crippen LogP contribution in [0.15, 0.2) is 24.3 Å². The van der Waals surface area contributed by atoms with Crippen molar-refractivity contribution in [2.45, 2.75) is 32.2 Å². The van der Waals surface area contributed by atoms with Gasteiger partial charge in [-0.1, -0.05) is 19.1 Å². The van der Waals surface area contributed by atoms with Crippen molar-refractivity contribution in [2.75, 3.05) is 5.32 Å². The van der Waals surface area contributed by atoms with Gasteiger partial charge in [-0.2, -0.15) is 0 Å². The number of anilines is 1. The van der Waals surface area contributed by atoms with E-state index < -0.39 is 18.0 Å². The second-order valence-electron chi connectivity index (χ2n) is 4.81. The number of carboxylic acid groups (broad SMARTS) is 1. The Hall–Kier alpha value is -2.04. The summed E-state index contributed by atoms with van der Waals surface area (Å²) in [6, 6.07) is 6.26. The second kappa shape index (κ2) is 5.73. The van der Waals surface area contributed by atoms with Crippen molar-refractivity contribution in [2.24, 2.45) is 5.92 Å². The molecule has 5 heteroatoms. The summed E-state index contributed by atoms with van der Waals surface area (Å²) in [6.45, 7) is 2.03. The molecule has 0 bridgehead atoms. The number of amides is 2. The number of hydrogen-bond acceptors (Lipinski definition) is 2. The number of hydrogen-bond donors (Lipinski definition) is 3. The first-order valence-electron chi connectivity index (χ1n) is 6.49. The molecule has 3 N–H and O–H groups in total. The maximum atomic E-state index is 11.8. The average molecular weight is 262 g/mol. The number of urea groups is 1. The van der Waals surface area contributed by atoms with E-state index in [9.17, 15) is 9.59 Å². The molecule has 2 rings (SSSR count). The fourth-order valence-electron chi connectivity index (χ4n) is 1.99. The van der Waals surface area contributed by atoms with Gasteiger partial charge in [0.05, 0.1) is 0 Å². The first kappa shape index (κ1) is 13.4. The van der Waals surface area contributed by atoms with Gasteiger partial charge < -0.3 is 15.7 Å². The van der Waals surface area contributed by atoms with Crippen LogP contribution >= 0.6 is 0 Å². The lowest BCUT2D eigenvalue weighted by molar-refractivity contribution is -0.139. The van der Waals surface area contributed by atoms with Gasteiger partial charge >= 0.3 is 12.0 Å². The van der Waals surface area contributed by atoms with Crippen molar-refractivity contribution < 1.29 is 14.7 Å². The fraction of sp³-hybridized carbons (Fsp3) is 0.429. The molecule has 5 nitrogen and oxygen atoms in total. The number of carbonyl (C=O) groups is 2. The summed E-state index contributed by atoms with van der Waals surface area (Å²) >= 11 is 0. The van der Waals surface area contributed by atoms with Gasteiger partial charge in [0.25, 0.3) is 0 Å². The third-order valence-corrected chi connectivity index (χ3v) is 3.24. The first-order valence-corrected chi connectivity index (χ1v) is 6.49. The molecule has 0 spiro atoms. The van der Waals surface area contributed by atoms with Crippen molar-refractivity contribution in [1.29, 1.82) is 0 Å². The van der Waals surface area contributed by atoms with Gasteiger partial charge in [-0.3, -0.25) is 0 Å². The summed E-state index contributed by atoms with van der Waals surface area (Å²) in [5.74, 6) is -0.898. The number of benzene rings is 1. The van der Waals surface area contributed by atoms with E-state index in [0.29, 0.717) is 5.69 Å². The van der Waals surface area contributed by atoms with Crippen LogP contribution in [0.5, 0.6) is 0 Å². The molecule has 0 heterocycles. The molecule has 0 radical (unpaired) electrons. The van der Waals surface area contributed by atoms with Crippen molar-refractivity contribution in [3.8, 4) is 0 Å². The van der Waals surface area contributed by atoms with Crippen LogP contribution in [0.2, 0.25) is 0 Å². The van der Waals surface area contributed by atoms with E-state index in [0.717, 1.165) is 24.8 Å². The van der Waals surface area contributed by atoms with Crippen LogP contribution in [0, 0.1) is 5.92 Å². The number of aliphatic carboxylic acids is 1. The van der Waals surface area contributed by atoms with Crippen molar-refractivity contribution in [1.82, 2.24) is 5.32 Å². The molecule has 1 aromatic carbocycles. The zero-order valence-corrected chi connectivity index (χ0v) is 10.8. The van der Waals surface area contributed by atoms with E-state index in [1.807, 2.05) is 25.1 Å². The quantitative estimate of drug-likeness (QED) is 0.761. The van der Waals surface area contributed by atoms with Gasteiger partial charge in [0.2, 0.25) is 0 Å². The molecular formula is C14H18N2O3. The highest BCUT2D eigenvalue weighted by Gasteiger charge is 2.37.